The van der Waals surface area contributed by atoms with Crippen LogP contribution in [0.15, 0.2) is 255 Å². The third-order valence-corrected chi connectivity index (χ3v) is 28.5. The molecule has 0 aromatic heterocycles. The summed E-state index contributed by atoms with van der Waals surface area (Å²) in [5.41, 5.74) is 13.2. The predicted octanol–water partition coefficient (Wildman–Crippen LogP) is 34.7. The smallest absolute Gasteiger partial charge is 0.130 e. The maximum absolute atomic E-state index is 6.67. The highest BCUT2D eigenvalue weighted by Crippen LogP contribution is 2.58. The van der Waals surface area contributed by atoms with Crippen molar-refractivity contribution in [2.75, 3.05) is 79.3 Å². The van der Waals surface area contributed by atoms with E-state index in [1.165, 1.54) is 142 Å². The summed E-state index contributed by atoms with van der Waals surface area (Å²) < 4.78 is 80.0. The summed E-state index contributed by atoms with van der Waals surface area (Å²) in [6.07, 6.45) is 41.0. The summed E-state index contributed by atoms with van der Waals surface area (Å²) in [5.74, 6) is 10.7. The molecule has 138 heavy (non-hydrogen) atoms. The number of ether oxygens (including phenoxy) is 12. The van der Waals surface area contributed by atoms with E-state index < -0.39 is 0 Å². The summed E-state index contributed by atoms with van der Waals surface area (Å²) in [7, 11) is 0. The zero-order valence-corrected chi connectivity index (χ0v) is 81.1. The Kier molecular flexibility index (Phi) is 33.3. The molecule has 6 heterocycles. The van der Waals surface area contributed by atoms with Gasteiger partial charge in [-0.05, 0) is 214 Å². The Morgan fingerprint density at radius 2 is 0.174 bits per heavy atom. The number of benzene rings is 15. The first-order chi connectivity index (χ1) is 68.7. The molecular weight excluding hydrogens is 1710 g/mol. The van der Waals surface area contributed by atoms with E-state index in [0.717, 1.165) is 290 Å². The van der Waals surface area contributed by atoms with Crippen LogP contribution < -0.4 is 56.8 Å². The van der Waals surface area contributed by atoms with Crippen LogP contribution in [0.5, 0.6) is 69.0 Å². The van der Waals surface area contributed by atoms with Crippen molar-refractivity contribution in [3.05, 3.63) is 255 Å². The lowest BCUT2D eigenvalue weighted by molar-refractivity contribution is 0.285. The summed E-state index contributed by atoms with van der Waals surface area (Å²) in [6, 6.07) is 90.8. The molecule has 21 rings (SSSR count). The van der Waals surface area contributed by atoms with Gasteiger partial charge in [-0.15, -0.1) is 0 Å². The Labute approximate surface area is 817 Å². The zero-order valence-electron chi connectivity index (χ0n) is 81.1. The van der Waals surface area contributed by atoms with E-state index in [9.17, 15) is 0 Å². The lowest BCUT2D eigenvalue weighted by Crippen LogP contribution is -2.05. The van der Waals surface area contributed by atoms with Gasteiger partial charge in [0, 0.05) is 33.4 Å². The van der Waals surface area contributed by atoms with E-state index in [1.807, 2.05) is 0 Å². The number of hydrogen-bond donors (Lipinski definition) is 0. The van der Waals surface area contributed by atoms with Crippen LogP contribution in [0, 0.1) is 0 Å². The number of hydrogen-bond acceptors (Lipinski definition) is 12. The van der Waals surface area contributed by atoms with Gasteiger partial charge in [0.1, 0.15) is 69.0 Å². The fourth-order valence-electron chi connectivity index (χ4n) is 21.6. The molecule has 6 aliphatic rings. The van der Waals surface area contributed by atoms with Crippen molar-refractivity contribution in [3.8, 4) is 136 Å². The largest absolute Gasteiger partial charge is 0.493 e. The maximum Gasteiger partial charge on any atom is 0.130 e. The lowest BCUT2D eigenvalue weighted by Gasteiger charge is -2.24. The molecule has 12 nitrogen and oxygen atoms in total. The molecule has 714 valence electrons. The fourth-order valence-corrected chi connectivity index (χ4v) is 21.6. The van der Waals surface area contributed by atoms with Gasteiger partial charge in [-0.1, -0.05) is 336 Å². The highest BCUT2D eigenvalue weighted by molar-refractivity contribution is 6.26. The van der Waals surface area contributed by atoms with Crippen LogP contribution in [0.1, 0.15) is 231 Å². The standard InChI is InChI=1S/3C42H46O4/c3*1-2-6-14-28-44-36-24-18-26-38-42(36)40-33-21-11-9-19-31(33)39(32-20-10-12-22-34(32)40)41-35(43-27-13-5-1)23-17-25-37(41)45-29-15-7-3-4-8-16-30-46-38/h3*9-12,17-26H,1-8,13-16,27-30H2. The van der Waals surface area contributed by atoms with Gasteiger partial charge in [0.05, 0.1) is 113 Å². The second kappa shape index (κ2) is 48.7. The predicted molar refractivity (Wildman–Crippen MR) is 569 cm³/mol. The summed E-state index contributed by atoms with van der Waals surface area (Å²) in [6.45, 7) is 8.35. The van der Waals surface area contributed by atoms with E-state index >= 15 is 0 Å². The Morgan fingerprint density at radius 3 is 0.268 bits per heavy atom. The van der Waals surface area contributed by atoms with Crippen molar-refractivity contribution in [3.63, 3.8) is 0 Å². The minimum absolute atomic E-state index is 0.696. The Balaban J connectivity index is 0.000000132. The van der Waals surface area contributed by atoms with Crippen molar-refractivity contribution in [2.24, 2.45) is 0 Å². The Bertz CT molecular complexity index is 5200. The topological polar surface area (TPSA) is 111 Å². The van der Waals surface area contributed by atoms with Crippen LogP contribution >= 0.6 is 0 Å². The molecule has 0 radical (unpaired) electrons. The highest BCUT2D eigenvalue weighted by Gasteiger charge is 2.32. The van der Waals surface area contributed by atoms with Gasteiger partial charge in [-0.2, -0.15) is 0 Å². The molecule has 12 heteroatoms. The molecule has 0 fully saturated rings. The first-order valence-electron chi connectivity index (χ1n) is 52.8. The van der Waals surface area contributed by atoms with Gasteiger partial charge < -0.3 is 56.8 Å². The zero-order chi connectivity index (χ0) is 92.9. The molecular formula is C126H138O12. The Morgan fingerprint density at radius 1 is 0.0870 bits per heavy atom. The van der Waals surface area contributed by atoms with Crippen LogP contribution in [-0.4, -0.2) is 79.3 Å². The van der Waals surface area contributed by atoms with Gasteiger partial charge in [-0.25, -0.2) is 0 Å². The average molecular weight is 1840 g/mol. The molecule has 0 atom stereocenters. The second-order valence-electron chi connectivity index (χ2n) is 38.2. The van der Waals surface area contributed by atoms with Gasteiger partial charge in [0.15, 0.2) is 0 Å². The van der Waals surface area contributed by atoms with Gasteiger partial charge in [-0.3, -0.25) is 0 Å². The molecule has 15 aromatic rings. The van der Waals surface area contributed by atoms with Crippen LogP contribution in [0.4, 0.5) is 0 Å². The third-order valence-electron chi connectivity index (χ3n) is 28.5. The fraction of sp³-hybridized carbons (Fsp3) is 0.381. The van der Waals surface area contributed by atoms with E-state index in [1.54, 1.807) is 0 Å². The van der Waals surface area contributed by atoms with Crippen molar-refractivity contribution in [1.82, 2.24) is 0 Å². The van der Waals surface area contributed by atoms with E-state index in [0.29, 0.717) is 79.3 Å². The lowest BCUT2D eigenvalue weighted by atomic mass is 9.85. The van der Waals surface area contributed by atoms with Crippen molar-refractivity contribution in [2.45, 2.75) is 231 Å². The molecule has 0 aliphatic carbocycles. The molecule has 0 N–H and O–H groups in total. The normalized spacial score (nSPS) is 16.9. The third kappa shape index (κ3) is 22.4. The molecule has 15 aromatic carbocycles. The number of rotatable bonds is 0. The van der Waals surface area contributed by atoms with Crippen LogP contribution in [0.2, 0.25) is 0 Å². The summed E-state index contributed by atoms with van der Waals surface area (Å²) in [5, 5.41) is 14.0. The average Bonchev–Trinajstić information content (AvgIpc) is 0.730. The van der Waals surface area contributed by atoms with Gasteiger partial charge in [0.25, 0.3) is 0 Å². The monoisotopic (exact) mass is 1840 g/mol. The molecule has 0 spiro atoms. The molecule has 6 aliphatic heterocycles. The molecule has 0 saturated carbocycles. The highest BCUT2D eigenvalue weighted by atomic mass is 16.5. The minimum atomic E-state index is 0.696. The molecule has 0 saturated heterocycles. The van der Waals surface area contributed by atoms with E-state index in [2.05, 4.69) is 255 Å². The van der Waals surface area contributed by atoms with Crippen LogP contribution in [-0.2, 0) is 0 Å². The van der Waals surface area contributed by atoms with Crippen LogP contribution in [0.25, 0.3) is 131 Å². The van der Waals surface area contributed by atoms with Crippen LogP contribution in [0.3, 0.4) is 0 Å². The second-order valence-corrected chi connectivity index (χ2v) is 38.2. The Hall–Kier alpha value is -12.5. The SMILES string of the molecule is c1cc2c3c(c1)OCCCCCCCCOc1cccc(c1-c1c4ccccc4c-3c3ccccc13)OCCCCCCCCO2.c1cc2c3c(c1)OCCCCCCCCOc1cccc(c1-c1c4ccccc4c-3c3ccccc13)OCCCCCCCCO2.c1cc2c3c(c1)OCCCCCCCCOc1cccc(c1-c1c4ccccc4c-3c3ccccc13)OCCCCCCCCO2. The first kappa shape index (κ1) is 94.4. The van der Waals surface area contributed by atoms with Crippen molar-refractivity contribution >= 4 is 64.6 Å². The van der Waals surface area contributed by atoms with Crippen molar-refractivity contribution in [1.29, 1.82) is 0 Å². The first-order valence-corrected chi connectivity index (χ1v) is 52.8. The molecule has 0 unspecified atom stereocenters. The molecule has 0 amide bonds. The van der Waals surface area contributed by atoms with E-state index in [4.69, 9.17) is 56.8 Å². The maximum atomic E-state index is 6.67. The van der Waals surface area contributed by atoms with Gasteiger partial charge >= 0.3 is 0 Å². The summed E-state index contributed by atoms with van der Waals surface area (Å²) >= 11 is 0. The van der Waals surface area contributed by atoms with E-state index in [-0.39, 0.29) is 0 Å². The van der Waals surface area contributed by atoms with Crippen molar-refractivity contribution < 1.29 is 56.8 Å². The van der Waals surface area contributed by atoms with Gasteiger partial charge in [0.2, 0.25) is 0 Å². The number of fused-ring (bicyclic) bond motifs is 3. The quantitative estimate of drug-likeness (QED) is 0.135. The summed E-state index contributed by atoms with van der Waals surface area (Å²) in [4.78, 5) is 0. The minimum Gasteiger partial charge on any atom is -0.493 e. The molecule has 12 bridgehead atoms.